The van der Waals surface area contributed by atoms with Crippen LogP contribution in [0.1, 0.15) is 38.7 Å². The summed E-state index contributed by atoms with van der Waals surface area (Å²) in [6, 6.07) is 5.62. The third-order valence-corrected chi connectivity index (χ3v) is 5.10. The van der Waals surface area contributed by atoms with E-state index < -0.39 is 6.04 Å². The van der Waals surface area contributed by atoms with Crippen LogP contribution in [-0.2, 0) is 16.1 Å². The Kier molecular flexibility index (Phi) is 6.93. The quantitative estimate of drug-likeness (QED) is 0.825. The van der Waals surface area contributed by atoms with Crippen LogP contribution in [0, 0.1) is 17.7 Å². The lowest BCUT2D eigenvalue weighted by Crippen LogP contribution is -2.50. The average Bonchev–Trinajstić information content (AvgIpc) is 2.65. The van der Waals surface area contributed by atoms with Crippen LogP contribution in [0.25, 0.3) is 0 Å². The second-order valence-electron chi connectivity index (χ2n) is 6.86. The van der Waals surface area contributed by atoms with Gasteiger partial charge >= 0.3 is 0 Å². The molecule has 2 unspecified atom stereocenters. The van der Waals surface area contributed by atoms with Crippen molar-refractivity contribution >= 4 is 11.8 Å². The molecule has 138 valence electrons. The fraction of sp³-hybridized carbons (Fsp3) is 0.579. The summed E-state index contributed by atoms with van der Waals surface area (Å²) in [6.07, 6.45) is 2.16. The van der Waals surface area contributed by atoms with Crippen molar-refractivity contribution in [3.63, 3.8) is 0 Å². The van der Waals surface area contributed by atoms with Crippen molar-refractivity contribution in [2.75, 3.05) is 13.1 Å². The maximum absolute atomic E-state index is 12.9. The Hall–Kier alpha value is -1.95. The monoisotopic (exact) mass is 349 g/mol. The number of piperidine rings is 1. The molecule has 1 aromatic carbocycles. The average molecular weight is 349 g/mol. The van der Waals surface area contributed by atoms with Crippen molar-refractivity contribution in [1.82, 2.24) is 10.2 Å². The van der Waals surface area contributed by atoms with E-state index in [1.165, 1.54) is 12.1 Å². The van der Waals surface area contributed by atoms with E-state index in [4.69, 9.17) is 5.73 Å². The molecule has 0 bridgehead atoms. The van der Waals surface area contributed by atoms with E-state index in [2.05, 4.69) is 5.32 Å². The normalized spacial score (nSPS) is 17.8. The lowest BCUT2D eigenvalue weighted by atomic mass is 9.93. The summed E-state index contributed by atoms with van der Waals surface area (Å²) in [6.45, 7) is 5.53. The highest BCUT2D eigenvalue weighted by atomic mass is 19.1. The molecule has 1 fully saturated rings. The van der Waals surface area contributed by atoms with Gasteiger partial charge in [0.2, 0.25) is 11.8 Å². The Bertz CT molecular complexity index is 583. The minimum atomic E-state index is -0.464. The number of amides is 2. The smallest absolute Gasteiger partial charge is 0.239 e. The first-order valence-corrected chi connectivity index (χ1v) is 8.98. The van der Waals surface area contributed by atoms with Crippen LogP contribution < -0.4 is 11.1 Å². The van der Waals surface area contributed by atoms with E-state index in [-0.39, 0.29) is 29.5 Å². The second kappa shape index (κ2) is 8.94. The number of nitrogens with zero attached hydrogens (tertiary/aromatic N) is 1. The third-order valence-electron chi connectivity index (χ3n) is 5.10. The summed E-state index contributed by atoms with van der Waals surface area (Å²) in [4.78, 5) is 26.5. The molecule has 2 rings (SSSR count). The van der Waals surface area contributed by atoms with Crippen molar-refractivity contribution < 1.29 is 14.0 Å². The van der Waals surface area contributed by atoms with Gasteiger partial charge in [0, 0.05) is 25.6 Å². The van der Waals surface area contributed by atoms with Gasteiger partial charge in [0.1, 0.15) is 5.82 Å². The van der Waals surface area contributed by atoms with E-state index in [1.54, 1.807) is 17.0 Å². The molecule has 1 heterocycles. The Balaban J connectivity index is 1.78. The summed E-state index contributed by atoms with van der Waals surface area (Å²) >= 11 is 0. The molecule has 3 N–H and O–H groups in total. The number of carbonyl (C=O) groups excluding carboxylic acids is 2. The van der Waals surface area contributed by atoms with E-state index in [1.807, 2.05) is 13.8 Å². The van der Waals surface area contributed by atoms with E-state index in [0.29, 0.717) is 32.5 Å². The van der Waals surface area contributed by atoms with Gasteiger partial charge in [-0.05, 0) is 36.5 Å². The van der Waals surface area contributed by atoms with E-state index >= 15 is 0 Å². The summed E-state index contributed by atoms with van der Waals surface area (Å²) in [5.41, 5.74) is 6.88. The van der Waals surface area contributed by atoms with Gasteiger partial charge in [0.15, 0.2) is 0 Å². The Labute approximate surface area is 148 Å². The Morgan fingerprint density at radius 2 is 1.88 bits per heavy atom. The summed E-state index contributed by atoms with van der Waals surface area (Å²) in [5, 5.41) is 2.89. The van der Waals surface area contributed by atoms with Crippen molar-refractivity contribution in [3.05, 3.63) is 35.6 Å². The van der Waals surface area contributed by atoms with Crippen LogP contribution in [0.15, 0.2) is 24.3 Å². The minimum Gasteiger partial charge on any atom is -0.352 e. The Morgan fingerprint density at radius 1 is 1.28 bits per heavy atom. The van der Waals surface area contributed by atoms with Crippen LogP contribution in [0.5, 0.6) is 0 Å². The molecule has 1 saturated heterocycles. The highest BCUT2D eigenvalue weighted by Crippen LogP contribution is 2.19. The van der Waals surface area contributed by atoms with Crippen LogP contribution >= 0.6 is 0 Å². The highest BCUT2D eigenvalue weighted by Gasteiger charge is 2.30. The molecule has 6 heteroatoms. The number of nitrogens with one attached hydrogen (secondary N) is 1. The van der Waals surface area contributed by atoms with Crippen LogP contribution in [0.4, 0.5) is 4.39 Å². The van der Waals surface area contributed by atoms with E-state index in [0.717, 1.165) is 12.0 Å². The van der Waals surface area contributed by atoms with Gasteiger partial charge in [-0.2, -0.15) is 0 Å². The highest BCUT2D eigenvalue weighted by molar-refractivity contribution is 5.83. The topological polar surface area (TPSA) is 75.4 Å². The van der Waals surface area contributed by atoms with E-state index in [9.17, 15) is 14.0 Å². The third kappa shape index (κ3) is 5.26. The lowest BCUT2D eigenvalue weighted by Gasteiger charge is -2.34. The molecule has 0 aromatic heterocycles. The number of carbonyl (C=O) groups is 2. The largest absolute Gasteiger partial charge is 0.352 e. The molecule has 2 amide bonds. The number of nitrogens with two attached hydrogens (primary N) is 1. The molecular weight excluding hydrogens is 321 g/mol. The second-order valence-corrected chi connectivity index (χ2v) is 6.86. The summed E-state index contributed by atoms with van der Waals surface area (Å²) < 4.78 is 12.9. The predicted octanol–water partition coefficient (Wildman–Crippen LogP) is 2.05. The maximum atomic E-state index is 12.9. The maximum Gasteiger partial charge on any atom is 0.239 e. The van der Waals surface area contributed by atoms with Crippen molar-refractivity contribution in [2.45, 2.75) is 45.7 Å². The molecule has 0 radical (unpaired) electrons. The first-order valence-electron chi connectivity index (χ1n) is 8.98. The number of benzene rings is 1. The molecule has 25 heavy (non-hydrogen) atoms. The van der Waals surface area contributed by atoms with Crippen molar-refractivity contribution in [3.8, 4) is 0 Å². The number of halogens is 1. The van der Waals surface area contributed by atoms with Crippen LogP contribution in [0.2, 0.25) is 0 Å². The van der Waals surface area contributed by atoms with Crippen LogP contribution in [-0.4, -0.2) is 35.8 Å². The van der Waals surface area contributed by atoms with Gasteiger partial charge in [-0.3, -0.25) is 9.59 Å². The zero-order chi connectivity index (χ0) is 18.4. The zero-order valence-corrected chi connectivity index (χ0v) is 15.0. The fourth-order valence-electron chi connectivity index (χ4n) is 3.01. The Morgan fingerprint density at radius 3 is 2.44 bits per heavy atom. The van der Waals surface area contributed by atoms with Gasteiger partial charge in [-0.15, -0.1) is 0 Å². The predicted molar refractivity (Wildman–Crippen MR) is 95.0 cm³/mol. The first-order chi connectivity index (χ1) is 11.9. The molecule has 2 atom stereocenters. The SMILES string of the molecule is CCC(C)C(N)C(=O)N1CCC(C(=O)NCc2ccc(F)cc2)CC1. The first kappa shape index (κ1) is 19.4. The minimum absolute atomic E-state index is 0.0114. The summed E-state index contributed by atoms with van der Waals surface area (Å²) in [5.74, 6) is -0.251. The zero-order valence-electron chi connectivity index (χ0n) is 15.0. The molecule has 0 aliphatic carbocycles. The molecule has 5 nitrogen and oxygen atoms in total. The fourth-order valence-corrected chi connectivity index (χ4v) is 3.01. The summed E-state index contributed by atoms with van der Waals surface area (Å²) in [7, 11) is 0. The number of hydrogen-bond acceptors (Lipinski definition) is 3. The molecule has 0 saturated carbocycles. The standard InChI is InChI=1S/C19H28FN3O2/c1-3-13(2)17(21)19(25)23-10-8-15(9-11-23)18(24)22-12-14-4-6-16(20)7-5-14/h4-7,13,15,17H,3,8-12,21H2,1-2H3,(H,22,24). The van der Waals surface area contributed by atoms with Gasteiger partial charge in [0.05, 0.1) is 6.04 Å². The van der Waals surface area contributed by atoms with Crippen molar-refractivity contribution in [1.29, 1.82) is 0 Å². The number of likely N-dealkylation sites (tertiary alicyclic amines) is 1. The molecule has 1 aliphatic rings. The molecule has 0 spiro atoms. The van der Waals surface area contributed by atoms with Gasteiger partial charge in [-0.1, -0.05) is 32.4 Å². The number of rotatable bonds is 6. The van der Waals surface area contributed by atoms with Gasteiger partial charge < -0.3 is 16.0 Å². The molecule has 1 aliphatic heterocycles. The molecule has 1 aromatic rings. The van der Waals surface area contributed by atoms with Gasteiger partial charge in [-0.25, -0.2) is 4.39 Å². The van der Waals surface area contributed by atoms with Crippen molar-refractivity contribution in [2.24, 2.45) is 17.6 Å². The van der Waals surface area contributed by atoms with Crippen LogP contribution in [0.3, 0.4) is 0 Å². The number of hydrogen-bond donors (Lipinski definition) is 2. The lowest BCUT2D eigenvalue weighted by molar-refractivity contribution is -0.137. The molecular formula is C19H28FN3O2. The van der Waals surface area contributed by atoms with Gasteiger partial charge in [0.25, 0.3) is 0 Å².